The molecule has 4 aromatic carbocycles. The molecule has 0 spiro atoms. The van der Waals surface area contributed by atoms with Gasteiger partial charge in [0.05, 0.1) is 10.6 Å². The minimum atomic E-state index is -4.15. The summed E-state index contributed by atoms with van der Waals surface area (Å²) in [6.07, 6.45) is 5.36. The van der Waals surface area contributed by atoms with Crippen LogP contribution in [0.1, 0.15) is 54.4 Å². The summed E-state index contributed by atoms with van der Waals surface area (Å²) in [5.41, 5.74) is 4.06. The normalized spacial score (nSPS) is 14.3. The lowest BCUT2D eigenvalue weighted by molar-refractivity contribution is -0.140. The number of hydrogen-bond acceptors (Lipinski definition) is 4. The molecule has 246 valence electrons. The Morgan fingerprint density at radius 2 is 1.47 bits per heavy atom. The summed E-state index contributed by atoms with van der Waals surface area (Å²) >= 11 is 3.44. The Hall–Kier alpha value is -3.95. The fraction of sp³-hybridized carbons (Fsp3) is 0.316. The van der Waals surface area contributed by atoms with E-state index in [0.717, 1.165) is 63.1 Å². The first kappa shape index (κ1) is 34.4. The first-order valence-corrected chi connectivity index (χ1v) is 18.4. The first-order chi connectivity index (χ1) is 22.6. The van der Waals surface area contributed by atoms with E-state index in [1.165, 1.54) is 0 Å². The zero-order chi connectivity index (χ0) is 33.4. The maximum Gasteiger partial charge on any atom is 0.264 e. The largest absolute Gasteiger partial charge is 0.352 e. The zero-order valence-corrected chi connectivity index (χ0v) is 29.3. The Labute approximate surface area is 287 Å². The van der Waals surface area contributed by atoms with Crippen LogP contribution in [0.25, 0.3) is 0 Å². The second kappa shape index (κ2) is 15.8. The van der Waals surface area contributed by atoms with Gasteiger partial charge in [-0.05, 0) is 79.8 Å². The van der Waals surface area contributed by atoms with Gasteiger partial charge in [0.2, 0.25) is 11.8 Å². The number of carbonyl (C=O) groups excluding carboxylic acids is 2. The zero-order valence-electron chi connectivity index (χ0n) is 26.9. The van der Waals surface area contributed by atoms with E-state index < -0.39 is 28.5 Å². The highest BCUT2D eigenvalue weighted by Gasteiger charge is 2.35. The molecule has 1 aliphatic rings. The number of aryl methyl sites for hydroxylation is 2. The van der Waals surface area contributed by atoms with Gasteiger partial charge in [-0.2, -0.15) is 0 Å². The number of hydrogen-bond donors (Lipinski definition) is 1. The lowest BCUT2D eigenvalue weighted by Crippen LogP contribution is -2.55. The molecule has 1 atom stereocenters. The lowest BCUT2D eigenvalue weighted by atomic mass is 9.94. The van der Waals surface area contributed by atoms with Crippen LogP contribution in [0.15, 0.2) is 112 Å². The van der Waals surface area contributed by atoms with Crippen molar-refractivity contribution in [2.75, 3.05) is 10.8 Å². The highest BCUT2D eigenvalue weighted by atomic mass is 79.9. The quantitative estimate of drug-likeness (QED) is 0.166. The molecule has 0 saturated heterocycles. The molecule has 1 saturated carbocycles. The van der Waals surface area contributed by atoms with Crippen molar-refractivity contribution in [1.29, 1.82) is 0 Å². The number of carbonyl (C=O) groups is 2. The van der Waals surface area contributed by atoms with Gasteiger partial charge in [-0.1, -0.05) is 107 Å². The highest BCUT2D eigenvalue weighted by molar-refractivity contribution is 9.10. The molecule has 9 heteroatoms. The maximum atomic E-state index is 14.7. The molecule has 0 aromatic heterocycles. The third-order valence-electron chi connectivity index (χ3n) is 8.83. The van der Waals surface area contributed by atoms with Gasteiger partial charge < -0.3 is 10.2 Å². The highest BCUT2D eigenvalue weighted by Crippen LogP contribution is 2.27. The molecular weight excluding hydrogens is 674 g/mol. The minimum Gasteiger partial charge on any atom is -0.352 e. The van der Waals surface area contributed by atoms with E-state index in [2.05, 4.69) is 21.2 Å². The number of benzene rings is 4. The van der Waals surface area contributed by atoms with Crippen LogP contribution >= 0.6 is 15.9 Å². The van der Waals surface area contributed by atoms with E-state index in [4.69, 9.17) is 0 Å². The lowest BCUT2D eigenvalue weighted by Gasteiger charge is -2.35. The van der Waals surface area contributed by atoms with Crippen LogP contribution in [0.2, 0.25) is 0 Å². The van der Waals surface area contributed by atoms with E-state index in [-0.39, 0.29) is 23.4 Å². The van der Waals surface area contributed by atoms with Gasteiger partial charge in [-0.15, -0.1) is 0 Å². The molecule has 2 amide bonds. The molecule has 5 rings (SSSR count). The summed E-state index contributed by atoms with van der Waals surface area (Å²) in [5, 5.41) is 3.26. The number of nitrogens with zero attached hydrogens (tertiary/aromatic N) is 2. The number of amides is 2. The predicted octanol–water partition coefficient (Wildman–Crippen LogP) is 7.35. The molecule has 0 heterocycles. The van der Waals surface area contributed by atoms with E-state index in [1.54, 1.807) is 53.4 Å². The van der Waals surface area contributed by atoms with Crippen LogP contribution in [-0.2, 0) is 32.6 Å². The van der Waals surface area contributed by atoms with Crippen LogP contribution < -0.4 is 9.62 Å². The van der Waals surface area contributed by atoms with Gasteiger partial charge in [0, 0.05) is 23.5 Å². The molecular formula is C38H42BrN3O4S. The fourth-order valence-electron chi connectivity index (χ4n) is 6.04. The molecule has 0 radical (unpaired) electrons. The Kier molecular flexibility index (Phi) is 11.5. The fourth-order valence-corrected chi connectivity index (χ4v) is 7.72. The summed E-state index contributed by atoms with van der Waals surface area (Å²) in [6.45, 7) is 3.54. The average molecular weight is 717 g/mol. The second-order valence-electron chi connectivity index (χ2n) is 12.3. The third kappa shape index (κ3) is 8.90. The summed E-state index contributed by atoms with van der Waals surface area (Å²) in [4.78, 5) is 30.6. The second-order valence-corrected chi connectivity index (χ2v) is 15.1. The molecule has 0 bridgehead atoms. The monoisotopic (exact) mass is 715 g/mol. The molecule has 0 aliphatic heterocycles. The Morgan fingerprint density at radius 3 is 2.13 bits per heavy atom. The molecule has 7 nitrogen and oxygen atoms in total. The molecule has 47 heavy (non-hydrogen) atoms. The van der Waals surface area contributed by atoms with E-state index in [1.807, 2.05) is 68.4 Å². The standard InChI is InChI=1S/C38H42BrN3O4S/c1-28-17-23-35(24-18-28)47(45,46)42(34-21-19-32(39)20-22-34)27-37(43)41(26-31-14-10-9-11-29(31)2)36(25-30-12-5-3-6-13-30)38(44)40-33-15-7-4-8-16-33/h3,5-6,9-14,17-24,33,36H,4,7-8,15-16,25-27H2,1-2H3,(H,40,44)/t36-/m0/s1. The number of sulfonamides is 1. The van der Waals surface area contributed by atoms with Gasteiger partial charge in [0.25, 0.3) is 10.0 Å². The SMILES string of the molecule is Cc1ccc(S(=O)(=O)N(CC(=O)N(Cc2ccccc2C)[C@@H](Cc2ccccc2)C(=O)NC2CCCCC2)c2ccc(Br)cc2)cc1. The number of rotatable bonds is 12. The topological polar surface area (TPSA) is 86.8 Å². The Morgan fingerprint density at radius 1 is 0.830 bits per heavy atom. The molecule has 1 N–H and O–H groups in total. The van der Waals surface area contributed by atoms with Crippen molar-refractivity contribution in [3.05, 3.63) is 130 Å². The molecule has 1 fully saturated rings. The summed E-state index contributed by atoms with van der Waals surface area (Å²) in [7, 11) is -4.15. The van der Waals surface area contributed by atoms with Crippen molar-refractivity contribution in [2.24, 2.45) is 0 Å². The van der Waals surface area contributed by atoms with Gasteiger partial charge in [0.1, 0.15) is 12.6 Å². The summed E-state index contributed by atoms with van der Waals surface area (Å²) in [6, 6.07) is 30.1. The van der Waals surface area contributed by atoms with Crippen molar-refractivity contribution in [3.8, 4) is 0 Å². The van der Waals surface area contributed by atoms with Gasteiger partial charge in [-0.3, -0.25) is 13.9 Å². The van der Waals surface area contributed by atoms with E-state index in [9.17, 15) is 18.0 Å². The van der Waals surface area contributed by atoms with Gasteiger partial charge in [-0.25, -0.2) is 8.42 Å². The third-order valence-corrected chi connectivity index (χ3v) is 11.1. The van der Waals surface area contributed by atoms with Crippen molar-refractivity contribution in [3.63, 3.8) is 0 Å². The van der Waals surface area contributed by atoms with Crippen molar-refractivity contribution in [2.45, 2.75) is 75.9 Å². The first-order valence-electron chi connectivity index (χ1n) is 16.1. The van der Waals surface area contributed by atoms with Crippen LogP contribution in [0.5, 0.6) is 0 Å². The predicted molar refractivity (Wildman–Crippen MR) is 191 cm³/mol. The van der Waals surface area contributed by atoms with Crippen LogP contribution in [0.4, 0.5) is 5.69 Å². The van der Waals surface area contributed by atoms with Crippen molar-refractivity contribution in [1.82, 2.24) is 10.2 Å². The summed E-state index contributed by atoms with van der Waals surface area (Å²) in [5.74, 6) is -0.689. The Balaban J connectivity index is 1.56. The number of anilines is 1. The van der Waals surface area contributed by atoms with Crippen molar-refractivity contribution >= 4 is 43.5 Å². The van der Waals surface area contributed by atoms with E-state index >= 15 is 0 Å². The van der Waals surface area contributed by atoms with Crippen LogP contribution in [0, 0.1) is 13.8 Å². The molecule has 1 aliphatic carbocycles. The van der Waals surface area contributed by atoms with Crippen molar-refractivity contribution < 1.29 is 18.0 Å². The van der Waals surface area contributed by atoms with Crippen LogP contribution in [-0.4, -0.2) is 43.8 Å². The number of halogens is 1. The molecule has 0 unspecified atom stereocenters. The van der Waals surface area contributed by atoms with Gasteiger partial charge in [0.15, 0.2) is 0 Å². The van der Waals surface area contributed by atoms with E-state index in [0.29, 0.717) is 12.1 Å². The number of nitrogens with one attached hydrogen (secondary N) is 1. The molecule has 4 aromatic rings. The maximum absolute atomic E-state index is 14.7. The average Bonchev–Trinajstić information content (AvgIpc) is 3.07. The smallest absolute Gasteiger partial charge is 0.264 e. The minimum absolute atomic E-state index is 0.0473. The van der Waals surface area contributed by atoms with Crippen LogP contribution in [0.3, 0.4) is 0 Å². The Bertz CT molecular complexity index is 1760. The summed E-state index contributed by atoms with van der Waals surface area (Å²) < 4.78 is 30.4. The van der Waals surface area contributed by atoms with Gasteiger partial charge >= 0.3 is 0 Å².